The fraction of sp³-hybridized carbons (Fsp3) is 0.167. The second-order valence-electron chi connectivity index (χ2n) is 5.33. The topological polar surface area (TPSA) is 79.8 Å². The van der Waals surface area contributed by atoms with Crippen molar-refractivity contribution in [1.82, 2.24) is 5.43 Å². The van der Waals surface area contributed by atoms with Gasteiger partial charge in [0.1, 0.15) is 5.75 Å². The van der Waals surface area contributed by atoms with E-state index in [1.165, 1.54) is 18.0 Å². The number of para-hydroxylation sites is 2. The number of carbonyl (C=O) groups excluding carboxylic acids is 2. The first-order valence-electron chi connectivity index (χ1n) is 7.69. The fourth-order valence-electron chi connectivity index (χ4n) is 2.39. The minimum atomic E-state index is -0.476. The van der Waals surface area contributed by atoms with Crippen LogP contribution in [0.4, 0.5) is 5.69 Å². The predicted octanol–water partition coefficient (Wildman–Crippen LogP) is 2.65. The van der Waals surface area contributed by atoms with Crippen molar-refractivity contribution in [2.24, 2.45) is 5.10 Å². The highest BCUT2D eigenvalue weighted by atomic mass is 32.2. The molecule has 0 aromatic heterocycles. The van der Waals surface area contributed by atoms with Gasteiger partial charge in [-0.25, -0.2) is 5.43 Å². The smallest absolute Gasteiger partial charge is 0.241 e. The van der Waals surface area contributed by atoms with Gasteiger partial charge < -0.3 is 10.1 Å². The maximum Gasteiger partial charge on any atom is 0.241 e. The van der Waals surface area contributed by atoms with Crippen LogP contribution in [-0.2, 0) is 9.59 Å². The summed E-state index contributed by atoms with van der Waals surface area (Å²) in [6, 6.07) is 14.9. The van der Waals surface area contributed by atoms with Crippen LogP contribution in [0.1, 0.15) is 12.0 Å². The third-order valence-electron chi connectivity index (χ3n) is 3.61. The van der Waals surface area contributed by atoms with E-state index in [9.17, 15) is 9.59 Å². The lowest BCUT2D eigenvalue weighted by Gasteiger charge is -2.23. The van der Waals surface area contributed by atoms with Gasteiger partial charge in [-0.2, -0.15) is 5.10 Å². The summed E-state index contributed by atoms with van der Waals surface area (Å²) in [5.74, 6) is 0.171. The molecule has 1 aliphatic rings. The first-order chi connectivity index (χ1) is 12.2. The van der Waals surface area contributed by atoms with Crippen molar-refractivity contribution >= 4 is 35.5 Å². The lowest BCUT2D eigenvalue weighted by molar-refractivity contribution is -0.124. The average Bonchev–Trinajstić information content (AvgIpc) is 2.63. The number of nitrogens with zero attached hydrogens (tertiary/aromatic N) is 1. The highest BCUT2D eigenvalue weighted by Gasteiger charge is 2.28. The van der Waals surface area contributed by atoms with E-state index in [1.54, 1.807) is 7.11 Å². The van der Waals surface area contributed by atoms with E-state index < -0.39 is 5.25 Å². The molecule has 0 spiro atoms. The number of carbonyl (C=O) groups is 2. The maximum atomic E-state index is 12.1. The molecule has 0 radical (unpaired) electrons. The summed E-state index contributed by atoms with van der Waals surface area (Å²) in [6.07, 6.45) is 1.56. The van der Waals surface area contributed by atoms with Crippen LogP contribution in [0.25, 0.3) is 0 Å². The van der Waals surface area contributed by atoms with Crippen LogP contribution in [0.2, 0.25) is 0 Å². The van der Waals surface area contributed by atoms with Crippen LogP contribution in [0.15, 0.2) is 58.5 Å². The minimum absolute atomic E-state index is 0.0497. The number of anilines is 1. The van der Waals surface area contributed by atoms with E-state index in [4.69, 9.17) is 4.74 Å². The molecule has 2 aromatic rings. The monoisotopic (exact) mass is 355 g/mol. The van der Waals surface area contributed by atoms with Crippen molar-refractivity contribution in [2.45, 2.75) is 16.6 Å². The van der Waals surface area contributed by atoms with Crippen LogP contribution >= 0.6 is 11.8 Å². The molecule has 0 saturated carbocycles. The fourth-order valence-corrected chi connectivity index (χ4v) is 3.50. The molecular formula is C18H17N3O3S. The van der Waals surface area contributed by atoms with Crippen LogP contribution in [0.3, 0.4) is 0 Å². The van der Waals surface area contributed by atoms with E-state index in [2.05, 4.69) is 15.8 Å². The van der Waals surface area contributed by atoms with Crippen molar-refractivity contribution in [3.8, 4) is 5.75 Å². The average molecular weight is 355 g/mol. The Morgan fingerprint density at radius 2 is 2.04 bits per heavy atom. The molecule has 7 heteroatoms. The molecule has 2 aromatic carbocycles. The molecule has 0 aliphatic carbocycles. The Hall–Kier alpha value is -2.80. The highest BCUT2D eigenvalue weighted by Crippen LogP contribution is 2.36. The Morgan fingerprint density at radius 1 is 1.28 bits per heavy atom. The van der Waals surface area contributed by atoms with Gasteiger partial charge in [0.15, 0.2) is 0 Å². The van der Waals surface area contributed by atoms with E-state index in [0.717, 1.165) is 16.1 Å². The summed E-state index contributed by atoms with van der Waals surface area (Å²) in [5.41, 5.74) is 3.99. The molecule has 2 N–H and O–H groups in total. The van der Waals surface area contributed by atoms with Gasteiger partial charge in [0.2, 0.25) is 11.8 Å². The van der Waals surface area contributed by atoms with Crippen molar-refractivity contribution in [3.05, 3.63) is 54.1 Å². The molecule has 6 nitrogen and oxygen atoms in total. The molecule has 0 saturated heterocycles. The van der Waals surface area contributed by atoms with Gasteiger partial charge in [0.05, 0.1) is 24.3 Å². The van der Waals surface area contributed by atoms with Gasteiger partial charge >= 0.3 is 0 Å². The maximum absolute atomic E-state index is 12.1. The van der Waals surface area contributed by atoms with Crippen LogP contribution < -0.4 is 15.5 Å². The molecule has 1 atom stereocenters. The summed E-state index contributed by atoms with van der Waals surface area (Å²) >= 11 is 1.38. The Kier molecular flexibility index (Phi) is 5.35. The number of hydrogen-bond donors (Lipinski definition) is 2. The zero-order valence-electron chi connectivity index (χ0n) is 13.6. The molecule has 0 unspecified atom stereocenters. The number of hydrazone groups is 1. The molecular weight excluding hydrogens is 338 g/mol. The van der Waals surface area contributed by atoms with E-state index in [-0.39, 0.29) is 18.2 Å². The Balaban J connectivity index is 1.58. The number of amides is 2. The molecule has 25 heavy (non-hydrogen) atoms. The van der Waals surface area contributed by atoms with Gasteiger partial charge in [-0.3, -0.25) is 9.59 Å². The largest absolute Gasteiger partial charge is 0.496 e. The molecule has 2 amide bonds. The number of benzene rings is 2. The zero-order chi connectivity index (χ0) is 17.6. The van der Waals surface area contributed by atoms with Crippen molar-refractivity contribution in [1.29, 1.82) is 0 Å². The Labute approximate surface area is 149 Å². The number of methoxy groups -OCH3 is 1. The highest BCUT2D eigenvalue weighted by molar-refractivity contribution is 8.01. The van der Waals surface area contributed by atoms with Crippen LogP contribution in [-0.4, -0.2) is 30.4 Å². The number of nitrogens with one attached hydrogen (secondary N) is 2. The summed E-state index contributed by atoms with van der Waals surface area (Å²) in [4.78, 5) is 25.1. The zero-order valence-corrected chi connectivity index (χ0v) is 14.4. The number of ether oxygens (including phenoxy) is 1. The van der Waals surface area contributed by atoms with Gasteiger partial charge in [-0.15, -0.1) is 11.8 Å². The first-order valence-corrected chi connectivity index (χ1v) is 8.57. The molecule has 1 heterocycles. The minimum Gasteiger partial charge on any atom is -0.496 e. The quantitative estimate of drug-likeness (QED) is 0.638. The normalized spacial score (nSPS) is 16.2. The van der Waals surface area contributed by atoms with Gasteiger partial charge in [0.25, 0.3) is 0 Å². The predicted molar refractivity (Wildman–Crippen MR) is 98.1 cm³/mol. The van der Waals surface area contributed by atoms with Crippen LogP contribution in [0, 0.1) is 0 Å². The van der Waals surface area contributed by atoms with Gasteiger partial charge in [-0.1, -0.05) is 24.3 Å². The number of fused-ring (bicyclic) bond motifs is 1. The van der Waals surface area contributed by atoms with Gasteiger partial charge in [0, 0.05) is 16.9 Å². The second-order valence-corrected chi connectivity index (χ2v) is 6.58. The van der Waals surface area contributed by atoms with Crippen molar-refractivity contribution < 1.29 is 14.3 Å². The molecule has 0 fully saturated rings. The lowest BCUT2D eigenvalue weighted by Crippen LogP contribution is -2.33. The number of rotatable bonds is 5. The summed E-state index contributed by atoms with van der Waals surface area (Å²) in [6.45, 7) is 0. The van der Waals surface area contributed by atoms with Crippen LogP contribution in [0.5, 0.6) is 5.75 Å². The standard InChI is InChI=1S/C18H17N3O3S/c1-24-14-8-4-2-6-12(14)11-19-21-17(22)10-16-18(23)20-13-7-3-5-9-15(13)25-16/h2-9,11,16H,10H2,1H3,(H,20,23)(H,21,22)/b19-11-/t16-/m1/s1. The third kappa shape index (κ3) is 4.19. The SMILES string of the molecule is COc1ccccc1/C=N\NC(=O)C[C@H]1Sc2ccccc2NC1=O. The Morgan fingerprint density at radius 3 is 2.88 bits per heavy atom. The summed E-state index contributed by atoms with van der Waals surface area (Å²) in [5, 5.41) is 6.28. The lowest BCUT2D eigenvalue weighted by atomic mass is 10.2. The second kappa shape index (κ2) is 7.85. The van der Waals surface area contributed by atoms with E-state index >= 15 is 0 Å². The summed E-state index contributed by atoms with van der Waals surface area (Å²) < 4.78 is 5.21. The first kappa shape index (κ1) is 17.0. The number of hydrogen-bond acceptors (Lipinski definition) is 5. The Bertz CT molecular complexity index is 823. The molecule has 3 rings (SSSR count). The molecule has 128 valence electrons. The molecule has 1 aliphatic heterocycles. The third-order valence-corrected chi connectivity index (χ3v) is 4.88. The van der Waals surface area contributed by atoms with E-state index in [0.29, 0.717) is 5.75 Å². The van der Waals surface area contributed by atoms with Gasteiger partial charge in [-0.05, 0) is 24.3 Å². The molecule has 0 bridgehead atoms. The van der Waals surface area contributed by atoms with Crippen molar-refractivity contribution in [2.75, 3.05) is 12.4 Å². The van der Waals surface area contributed by atoms with E-state index in [1.807, 2.05) is 48.5 Å². The van der Waals surface area contributed by atoms with Crippen molar-refractivity contribution in [3.63, 3.8) is 0 Å². The summed E-state index contributed by atoms with van der Waals surface area (Å²) in [7, 11) is 1.57. The number of thioether (sulfide) groups is 1.